The average molecular weight is 147 g/mol. The van der Waals surface area contributed by atoms with Crippen LogP contribution in [0.4, 0.5) is 8.78 Å². The molecule has 0 aliphatic heterocycles. The predicted molar refractivity (Wildman–Crippen MR) is 36.9 cm³/mol. The van der Waals surface area contributed by atoms with E-state index in [1.807, 2.05) is 0 Å². The van der Waals surface area contributed by atoms with E-state index in [1.165, 1.54) is 0 Å². The number of unbranched alkanes of at least 4 members (excludes halogenated alkanes) is 1. The quantitative estimate of drug-likeness (QED) is 0.573. The molecule has 0 N–H and O–H groups in total. The Balaban J connectivity index is 2.20. The van der Waals surface area contributed by atoms with Crippen LogP contribution >= 0.6 is 0 Å². The minimum Gasteiger partial charge on any atom is -0.207 e. The van der Waals surface area contributed by atoms with Gasteiger partial charge < -0.3 is 0 Å². The van der Waals surface area contributed by atoms with Crippen LogP contribution in [0.2, 0.25) is 0 Å². The maximum absolute atomic E-state index is 12.8. The molecule has 0 bridgehead atoms. The van der Waals surface area contributed by atoms with Crippen LogP contribution < -0.4 is 0 Å². The van der Waals surface area contributed by atoms with Crippen LogP contribution in [0.25, 0.3) is 0 Å². The minimum atomic E-state index is -2.38. The van der Waals surface area contributed by atoms with Gasteiger partial charge in [-0.2, -0.15) is 0 Å². The molecule has 0 amide bonds. The van der Waals surface area contributed by atoms with Crippen molar-refractivity contribution in [2.24, 2.45) is 5.92 Å². The summed E-state index contributed by atoms with van der Waals surface area (Å²) in [6, 6.07) is 0. The molecule has 0 aromatic rings. The van der Waals surface area contributed by atoms with E-state index in [9.17, 15) is 8.78 Å². The van der Waals surface area contributed by atoms with Gasteiger partial charge in [0.1, 0.15) is 0 Å². The van der Waals surface area contributed by atoms with Gasteiger partial charge in [-0.3, -0.25) is 0 Å². The Labute approximate surface area is 60.6 Å². The Kier molecular flexibility index (Phi) is 2.27. The van der Waals surface area contributed by atoms with E-state index in [1.54, 1.807) is 0 Å². The number of rotatable bonds is 4. The van der Waals surface area contributed by atoms with Crippen molar-refractivity contribution in [1.29, 1.82) is 0 Å². The standard InChI is InChI=1S/C8H13F2/c1-2-3-6-8(9,10)7-4-5-7/h7H,1-6H2. The highest BCUT2D eigenvalue weighted by atomic mass is 19.3. The van der Waals surface area contributed by atoms with Crippen LogP contribution in [0.15, 0.2) is 0 Å². The maximum atomic E-state index is 12.8. The van der Waals surface area contributed by atoms with Gasteiger partial charge in [0, 0.05) is 12.3 Å². The number of hydrogen-bond donors (Lipinski definition) is 0. The Morgan fingerprint density at radius 1 is 1.40 bits per heavy atom. The Hall–Kier alpha value is -0.140. The number of hydrogen-bond acceptors (Lipinski definition) is 0. The lowest BCUT2D eigenvalue weighted by molar-refractivity contribution is -0.0319. The Bertz CT molecular complexity index is 106. The predicted octanol–water partition coefficient (Wildman–Crippen LogP) is 3.04. The molecule has 10 heavy (non-hydrogen) atoms. The van der Waals surface area contributed by atoms with Gasteiger partial charge in [0.05, 0.1) is 0 Å². The van der Waals surface area contributed by atoms with Crippen LogP contribution in [0, 0.1) is 12.8 Å². The second kappa shape index (κ2) is 2.85. The first kappa shape index (κ1) is 7.96. The van der Waals surface area contributed by atoms with E-state index in [4.69, 9.17) is 0 Å². The molecule has 1 saturated carbocycles. The van der Waals surface area contributed by atoms with Gasteiger partial charge in [-0.25, -0.2) is 8.78 Å². The summed E-state index contributed by atoms with van der Waals surface area (Å²) in [6.07, 6.45) is 2.68. The molecule has 0 spiro atoms. The summed E-state index contributed by atoms with van der Waals surface area (Å²) in [6.45, 7) is 3.54. The van der Waals surface area contributed by atoms with Gasteiger partial charge in [-0.05, 0) is 19.3 Å². The third-order valence-corrected chi connectivity index (χ3v) is 1.93. The molecule has 0 unspecified atom stereocenters. The summed E-state index contributed by atoms with van der Waals surface area (Å²) in [4.78, 5) is 0. The molecule has 0 aromatic heterocycles. The molecule has 0 aromatic carbocycles. The molecule has 1 fully saturated rings. The first-order chi connectivity index (χ1) is 4.67. The van der Waals surface area contributed by atoms with Crippen LogP contribution in [-0.4, -0.2) is 5.92 Å². The monoisotopic (exact) mass is 147 g/mol. The summed E-state index contributed by atoms with van der Waals surface area (Å²) in [5.41, 5.74) is 0. The fraction of sp³-hybridized carbons (Fsp3) is 0.875. The smallest absolute Gasteiger partial charge is 0.207 e. The van der Waals surface area contributed by atoms with E-state index in [2.05, 4.69) is 6.92 Å². The fourth-order valence-electron chi connectivity index (χ4n) is 1.07. The average Bonchev–Trinajstić information content (AvgIpc) is 2.64. The highest BCUT2D eigenvalue weighted by Crippen LogP contribution is 2.45. The summed E-state index contributed by atoms with van der Waals surface area (Å²) >= 11 is 0. The third kappa shape index (κ3) is 1.93. The van der Waals surface area contributed by atoms with Crippen LogP contribution in [-0.2, 0) is 0 Å². The van der Waals surface area contributed by atoms with E-state index in [0.717, 1.165) is 12.8 Å². The van der Waals surface area contributed by atoms with Crippen LogP contribution in [0.5, 0.6) is 0 Å². The van der Waals surface area contributed by atoms with Crippen molar-refractivity contribution in [3.63, 3.8) is 0 Å². The molecule has 0 nitrogen and oxygen atoms in total. The molecule has 59 valence electrons. The maximum Gasteiger partial charge on any atom is 0.250 e. The topological polar surface area (TPSA) is 0 Å². The van der Waals surface area contributed by atoms with Crippen molar-refractivity contribution in [2.75, 3.05) is 0 Å². The second-order valence-electron chi connectivity index (χ2n) is 2.99. The van der Waals surface area contributed by atoms with Crippen molar-refractivity contribution in [2.45, 2.75) is 38.0 Å². The molecule has 0 heterocycles. The lowest BCUT2D eigenvalue weighted by Crippen LogP contribution is -2.18. The third-order valence-electron chi connectivity index (χ3n) is 1.93. The highest BCUT2D eigenvalue weighted by molar-refractivity contribution is 4.87. The lowest BCUT2D eigenvalue weighted by atomic mass is 10.1. The molecular weight excluding hydrogens is 134 g/mol. The van der Waals surface area contributed by atoms with Crippen molar-refractivity contribution in [3.8, 4) is 0 Å². The second-order valence-corrected chi connectivity index (χ2v) is 2.99. The zero-order valence-corrected chi connectivity index (χ0v) is 6.08. The molecule has 1 radical (unpaired) electrons. The van der Waals surface area contributed by atoms with Gasteiger partial charge in [0.25, 0.3) is 5.92 Å². The van der Waals surface area contributed by atoms with E-state index in [0.29, 0.717) is 12.8 Å². The van der Waals surface area contributed by atoms with Gasteiger partial charge in [-0.15, -0.1) is 0 Å². The molecule has 2 heteroatoms. The van der Waals surface area contributed by atoms with Crippen molar-refractivity contribution < 1.29 is 8.78 Å². The Morgan fingerprint density at radius 2 is 2.00 bits per heavy atom. The zero-order chi connectivity index (χ0) is 7.61. The summed E-state index contributed by atoms with van der Waals surface area (Å²) < 4.78 is 25.5. The normalized spacial score (nSPS) is 19.5. The van der Waals surface area contributed by atoms with Crippen molar-refractivity contribution >= 4 is 0 Å². The van der Waals surface area contributed by atoms with E-state index in [-0.39, 0.29) is 12.3 Å². The largest absolute Gasteiger partial charge is 0.250 e. The lowest BCUT2D eigenvalue weighted by Gasteiger charge is -2.13. The molecular formula is C8H13F2. The van der Waals surface area contributed by atoms with Crippen molar-refractivity contribution in [3.05, 3.63) is 6.92 Å². The van der Waals surface area contributed by atoms with Crippen LogP contribution in [0.3, 0.4) is 0 Å². The summed E-state index contributed by atoms with van der Waals surface area (Å²) in [5, 5.41) is 0. The van der Waals surface area contributed by atoms with E-state index < -0.39 is 5.92 Å². The van der Waals surface area contributed by atoms with E-state index >= 15 is 0 Å². The molecule has 1 rings (SSSR count). The molecule has 0 atom stereocenters. The van der Waals surface area contributed by atoms with Gasteiger partial charge in [0.15, 0.2) is 0 Å². The molecule has 0 saturated heterocycles. The molecule has 1 aliphatic rings. The number of alkyl halides is 2. The van der Waals surface area contributed by atoms with Gasteiger partial charge in [0.2, 0.25) is 0 Å². The minimum absolute atomic E-state index is 0.0428. The van der Waals surface area contributed by atoms with Crippen molar-refractivity contribution in [1.82, 2.24) is 0 Å². The van der Waals surface area contributed by atoms with Crippen LogP contribution in [0.1, 0.15) is 32.1 Å². The fourth-order valence-corrected chi connectivity index (χ4v) is 1.07. The van der Waals surface area contributed by atoms with Gasteiger partial charge >= 0.3 is 0 Å². The first-order valence-electron chi connectivity index (χ1n) is 3.84. The zero-order valence-electron chi connectivity index (χ0n) is 6.08. The first-order valence-corrected chi connectivity index (χ1v) is 3.84. The Morgan fingerprint density at radius 3 is 2.40 bits per heavy atom. The summed E-state index contributed by atoms with van der Waals surface area (Å²) in [5.74, 6) is -2.67. The van der Waals surface area contributed by atoms with Gasteiger partial charge in [-0.1, -0.05) is 13.3 Å². The highest BCUT2D eigenvalue weighted by Gasteiger charge is 2.45. The SMILES string of the molecule is [CH2]CCCC(F)(F)C1CC1. The molecule has 1 aliphatic carbocycles. The number of halogens is 2. The summed E-state index contributed by atoms with van der Waals surface area (Å²) in [7, 11) is 0.